The zero-order chi connectivity index (χ0) is 30.0. The Morgan fingerprint density at radius 1 is 0.310 bits per heavy atom. The molecule has 214 valence electrons. The van der Waals surface area contributed by atoms with Gasteiger partial charge in [0.05, 0.1) is 0 Å². The van der Waals surface area contributed by atoms with Crippen LogP contribution < -0.4 is 0 Å². The summed E-state index contributed by atoms with van der Waals surface area (Å²) in [6, 6.07) is 40.1. The van der Waals surface area contributed by atoms with Gasteiger partial charge in [-0.05, 0) is 89.4 Å². The number of hydrogen-bond donors (Lipinski definition) is 0. The molecule has 0 atom stereocenters. The molecule has 0 heterocycles. The van der Waals surface area contributed by atoms with Gasteiger partial charge in [-0.3, -0.25) is 0 Å². The second-order valence-electron chi connectivity index (χ2n) is 12.9. The normalized spacial score (nSPS) is 11.7. The minimum absolute atomic E-state index is 0.513. The van der Waals surface area contributed by atoms with Crippen molar-refractivity contribution in [3.8, 4) is 11.1 Å². The van der Waals surface area contributed by atoms with Crippen LogP contribution in [0.3, 0.4) is 0 Å². The highest BCUT2D eigenvalue weighted by Gasteiger charge is 2.16. The monoisotopic (exact) mass is 550 g/mol. The molecule has 6 rings (SSSR count). The Morgan fingerprint density at radius 2 is 0.714 bits per heavy atom. The molecular formula is C42H46. The molecule has 0 aliphatic heterocycles. The van der Waals surface area contributed by atoms with E-state index in [1.165, 1.54) is 65.7 Å². The van der Waals surface area contributed by atoms with Gasteiger partial charge < -0.3 is 0 Å². The molecule has 0 bridgehead atoms. The Hall–Kier alpha value is -3.90. The van der Waals surface area contributed by atoms with Crippen LogP contribution in [0.1, 0.15) is 101 Å². The minimum atomic E-state index is 0.513. The van der Waals surface area contributed by atoms with E-state index in [0.717, 1.165) is 0 Å². The van der Waals surface area contributed by atoms with Crippen molar-refractivity contribution in [2.75, 3.05) is 0 Å². The summed E-state index contributed by atoms with van der Waals surface area (Å²) in [5.74, 6) is 2.20. The third-order valence-electron chi connectivity index (χ3n) is 8.64. The molecule has 0 aliphatic carbocycles. The van der Waals surface area contributed by atoms with E-state index in [1.54, 1.807) is 0 Å². The van der Waals surface area contributed by atoms with Crippen molar-refractivity contribution in [1.29, 1.82) is 0 Å². The molecule has 42 heavy (non-hydrogen) atoms. The fourth-order valence-electron chi connectivity index (χ4n) is 6.48. The number of rotatable bonds is 5. The van der Waals surface area contributed by atoms with Crippen molar-refractivity contribution in [1.82, 2.24) is 0 Å². The molecule has 6 aromatic rings. The zero-order valence-electron chi connectivity index (χ0n) is 26.7. The van der Waals surface area contributed by atoms with Crippen LogP contribution in [0.25, 0.3) is 43.4 Å². The highest BCUT2D eigenvalue weighted by molar-refractivity contribution is 6.07. The Bertz CT molecular complexity index is 1770. The van der Waals surface area contributed by atoms with E-state index in [1.807, 2.05) is 0 Å². The molecular weight excluding hydrogens is 504 g/mol. The summed E-state index contributed by atoms with van der Waals surface area (Å²) < 4.78 is 0. The second kappa shape index (κ2) is 12.5. The zero-order valence-corrected chi connectivity index (χ0v) is 26.7. The van der Waals surface area contributed by atoms with Crippen LogP contribution in [0.5, 0.6) is 0 Å². The maximum absolute atomic E-state index is 2.34. The molecule has 6 aromatic carbocycles. The first-order valence-corrected chi connectivity index (χ1v) is 15.7. The van der Waals surface area contributed by atoms with Crippen molar-refractivity contribution in [2.24, 2.45) is 0 Å². The van der Waals surface area contributed by atoms with E-state index in [9.17, 15) is 0 Å². The van der Waals surface area contributed by atoms with Gasteiger partial charge in [-0.25, -0.2) is 0 Å². The van der Waals surface area contributed by atoms with Gasteiger partial charge in [-0.1, -0.05) is 165 Å². The van der Waals surface area contributed by atoms with E-state index in [-0.39, 0.29) is 0 Å². The molecule has 0 nitrogen and oxygen atoms in total. The Balaban J connectivity index is 0.000000189. The first kappa shape index (κ1) is 29.6. The molecule has 0 heteroatoms. The van der Waals surface area contributed by atoms with Crippen LogP contribution in [0, 0.1) is 0 Å². The Labute approximate surface area is 253 Å². The van der Waals surface area contributed by atoms with Crippen LogP contribution in [0.15, 0.2) is 109 Å². The summed E-state index contributed by atoms with van der Waals surface area (Å²) in [5, 5.41) is 8.28. The standard InChI is InChI=1S/C26H26.C16H20/c1-17(2)20-12-8-14-25-24(16-15-21(18(3)4)26(20)25)23-13-7-10-19-9-5-6-11-22(19)23;1-11(2)14-9-5-7-13-8-6-10-15(12(3)4)16(13)14/h5-18H,1-4H3;5-12H,1-4H3. The average Bonchev–Trinajstić information content (AvgIpc) is 2.99. The smallest absolute Gasteiger partial charge is 0.00989 e. The van der Waals surface area contributed by atoms with Crippen molar-refractivity contribution < 1.29 is 0 Å². The molecule has 0 N–H and O–H groups in total. The lowest BCUT2D eigenvalue weighted by molar-refractivity contribution is 0.854. The SMILES string of the molecule is CC(C)c1cccc2c(-c3cccc4ccccc34)ccc(C(C)C)c12.CC(C)c1cccc2cccc(C(C)C)c12. The summed E-state index contributed by atoms with van der Waals surface area (Å²) in [6.45, 7) is 18.3. The van der Waals surface area contributed by atoms with Gasteiger partial charge in [0.1, 0.15) is 0 Å². The molecule has 0 amide bonds. The van der Waals surface area contributed by atoms with Gasteiger partial charge >= 0.3 is 0 Å². The Morgan fingerprint density at radius 3 is 1.31 bits per heavy atom. The predicted molar refractivity (Wildman–Crippen MR) is 187 cm³/mol. The molecule has 0 radical (unpaired) electrons. The quantitative estimate of drug-likeness (QED) is 0.200. The lowest BCUT2D eigenvalue weighted by Crippen LogP contribution is -1.97. The Kier molecular flexibility index (Phi) is 8.83. The lowest BCUT2D eigenvalue weighted by atomic mass is 9.85. The number of fused-ring (bicyclic) bond motifs is 3. The molecule has 0 fully saturated rings. The van der Waals surface area contributed by atoms with Crippen molar-refractivity contribution in [3.05, 3.63) is 131 Å². The van der Waals surface area contributed by atoms with E-state index < -0.39 is 0 Å². The fourth-order valence-corrected chi connectivity index (χ4v) is 6.48. The van der Waals surface area contributed by atoms with Gasteiger partial charge in [0.25, 0.3) is 0 Å². The topological polar surface area (TPSA) is 0 Å². The van der Waals surface area contributed by atoms with E-state index in [2.05, 4.69) is 165 Å². The third kappa shape index (κ3) is 5.73. The van der Waals surface area contributed by atoms with Crippen LogP contribution in [0.4, 0.5) is 0 Å². The summed E-state index contributed by atoms with van der Waals surface area (Å²) >= 11 is 0. The second-order valence-corrected chi connectivity index (χ2v) is 12.9. The summed E-state index contributed by atoms with van der Waals surface area (Å²) in [6.07, 6.45) is 0. The first-order chi connectivity index (χ1) is 20.2. The van der Waals surface area contributed by atoms with Gasteiger partial charge in [0.15, 0.2) is 0 Å². The van der Waals surface area contributed by atoms with Gasteiger partial charge in [0, 0.05) is 0 Å². The van der Waals surface area contributed by atoms with Gasteiger partial charge in [0.2, 0.25) is 0 Å². The fraction of sp³-hybridized carbons (Fsp3) is 0.286. The largest absolute Gasteiger partial charge is 0.0616 e. The molecule has 0 saturated carbocycles. The summed E-state index contributed by atoms with van der Waals surface area (Å²) in [4.78, 5) is 0. The van der Waals surface area contributed by atoms with Crippen LogP contribution >= 0.6 is 0 Å². The molecule has 0 spiro atoms. The minimum Gasteiger partial charge on any atom is -0.0616 e. The molecule has 0 aromatic heterocycles. The van der Waals surface area contributed by atoms with Crippen LogP contribution in [0.2, 0.25) is 0 Å². The summed E-state index contributed by atoms with van der Waals surface area (Å²) in [5.41, 5.74) is 8.51. The maximum atomic E-state index is 2.34. The highest BCUT2D eigenvalue weighted by atomic mass is 14.2. The molecule has 0 unspecified atom stereocenters. The third-order valence-corrected chi connectivity index (χ3v) is 8.64. The van der Waals surface area contributed by atoms with Gasteiger partial charge in [-0.2, -0.15) is 0 Å². The van der Waals surface area contributed by atoms with E-state index >= 15 is 0 Å². The number of hydrogen-bond acceptors (Lipinski definition) is 0. The lowest BCUT2D eigenvalue weighted by Gasteiger charge is -2.19. The maximum Gasteiger partial charge on any atom is -0.00989 e. The van der Waals surface area contributed by atoms with E-state index in [0.29, 0.717) is 23.7 Å². The molecule has 0 saturated heterocycles. The van der Waals surface area contributed by atoms with Crippen molar-refractivity contribution in [3.63, 3.8) is 0 Å². The van der Waals surface area contributed by atoms with Crippen LogP contribution in [-0.2, 0) is 0 Å². The average molecular weight is 551 g/mol. The summed E-state index contributed by atoms with van der Waals surface area (Å²) in [7, 11) is 0. The van der Waals surface area contributed by atoms with Crippen molar-refractivity contribution >= 4 is 32.3 Å². The predicted octanol–water partition coefficient (Wildman–Crippen LogP) is 13.0. The van der Waals surface area contributed by atoms with E-state index in [4.69, 9.17) is 0 Å². The molecule has 0 aliphatic rings. The highest BCUT2D eigenvalue weighted by Crippen LogP contribution is 2.40. The van der Waals surface area contributed by atoms with Gasteiger partial charge in [-0.15, -0.1) is 0 Å². The number of benzene rings is 6. The first-order valence-electron chi connectivity index (χ1n) is 15.7. The van der Waals surface area contributed by atoms with Crippen LogP contribution in [-0.4, -0.2) is 0 Å². The van der Waals surface area contributed by atoms with Crippen molar-refractivity contribution in [2.45, 2.75) is 79.1 Å².